The van der Waals surface area contributed by atoms with Crippen molar-refractivity contribution in [3.8, 4) is 0 Å². The molecule has 1 saturated heterocycles. The normalized spacial score (nSPS) is 20.0. The summed E-state index contributed by atoms with van der Waals surface area (Å²) in [6.07, 6.45) is 2.61. The van der Waals surface area contributed by atoms with Gasteiger partial charge >= 0.3 is 0 Å². The van der Waals surface area contributed by atoms with Crippen molar-refractivity contribution in [1.29, 1.82) is 0 Å². The summed E-state index contributed by atoms with van der Waals surface area (Å²) in [5, 5.41) is 0. The number of nitrogens with one attached hydrogen (secondary N) is 1. The molecule has 0 saturated carbocycles. The second-order valence-corrected chi connectivity index (χ2v) is 5.04. The first-order valence-electron chi connectivity index (χ1n) is 6.19. The van der Waals surface area contributed by atoms with Crippen molar-refractivity contribution < 1.29 is 4.79 Å². The molecule has 1 unspecified atom stereocenters. The van der Waals surface area contributed by atoms with Crippen LogP contribution in [0.3, 0.4) is 0 Å². The Hall–Kier alpha value is -1.62. The predicted molar refractivity (Wildman–Crippen MR) is 69.6 cm³/mol. The van der Waals surface area contributed by atoms with E-state index in [9.17, 15) is 9.59 Å². The highest BCUT2D eigenvalue weighted by atomic mass is 16.2. The van der Waals surface area contributed by atoms with E-state index in [0.29, 0.717) is 11.5 Å². The van der Waals surface area contributed by atoms with Gasteiger partial charge in [0, 0.05) is 32.4 Å². The third kappa shape index (κ3) is 2.98. The Morgan fingerprint density at radius 2 is 2.33 bits per heavy atom. The maximum absolute atomic E-state index is 12.1. The Morgan fingerprint density at radius 3 is 2.89 bits per heavy atom. The fourth-order valence-corrected chi connectivity index (χ4v) is 2.41. The van der Waals surface area contributed by atoms with Gasteiger partial charge in [-0.25, -0.2) is 0 Å². The minimum absolute atomic E-state index is 0.0409. The first-order chi connectivity index (χ1) is 8.56. The number of pyridine rings is 1. The van der Waals surface area contributed by atoms with Crippen LogP contribution in [0.5, 0.6) is 0 Å². The van der Waals surface area contributed by atoms with Crippen molar-refractivity contribution in [2.75, 3.05) is 33.7 Å². The Labute approximate surface area is 106 Å². The molecule has 18 heavy (non-hydrogen) atoms. The summed E-state index contributed by atoms with van der Waals surface area (Å²) < 4.78 is 0. The van der Waals surface area contributed by atoms with E-state index in [-0.39, 0.29) is 11.5 Å². The number of nitrogens with zero attached hydrogens (tertiary/aromatic N) is 2. The van der Waals surface area contributed by atoms with Crippen molar-refractivity contribution in [2.45, 2.75) is 6.42 Å². The highest BCUT2D eigenvalue weighted by molar-refractivity contribution is 5.93. The van der Waals surface area contributed by atoms with E-state index >= 15 is 0 Å². The standard InChI is InChI=1S/C13H19N3O2/c1-15-6-5-10(8-15)9-16(2)13(18)11-3-4-12(17)14-7-11/h3-4,7,10H,5-6,8-9H2,1-2H3,(H,14,17). The number of carbonyl (C=O) groups excluding carboxylic acids is 1. The van der Waals surface area contributed by atoms with E-state index in [1.165, 1.54) is 12.3 Å². The van der Waals surface area contributed by atoms with Crippen LogP contribution in [0.15, 0.2) is 23.1 Å². The van der Waals surface area contributed by atoms with Crippen LogP contribution in [0, 0.1) is 5.92 Å². The number of aromatic amines is 1. The first kappa shape index (κ1) is 12.8. The van der Waals surface area contributed by atoms with Crippen molar-refractivity contribution in [3.63, 3.8) is 0 Å². The summed E-state index contributed by atoms with van der Waals surface area (Å²) in [7, 11) is 3.91. The van der Waals surface area contributed by atoms with Gasteiger partial charge in [0.15, 0.2) is 0 Å². The van der Waals surface area contributed by atoms with Crippen LogP contribution >= 0.6 is 0 Å². The molecule has 1 aliphatic heterocycles. The molecule has 0 aromatic carbocycles. The molecule has 5 heteroatoms. The topological polar surface area (TPSA) is 56.4 Å². The molecular formula is C13H19N3O2. The molecule has 1 aliphatic rings. The number of hydrogen-bond acceptors (Lipinski definition) is 3. The maximum atomic E-state index is 12.1. The highest BCUT2D eigenvalue weighted by Gasteiger charge is 2.23. The molecule has 0 bridgehead atoms. The van der Waals surface area contributed by atoms with E-state index in [1.54, 1.807) is 11.0 Å². The molecule has 0 spiro atoms. The van der Waals surface area contributed by atoms with Crippen LogP contribution in [-0.4, -0.2) is 54.4 Å². The van der Waals surface area contributed by atoms with Gasteiger partial charge < -0.3 is 14.8 Å². The average molecular weight is 249 g/mol. The highest BCUT2D eigenvalue weighted by Crippen LogP contribution is 2.15. The van der Waals surface area contributed by atoms with Crippen molar-refractivity contribution in [3.05, 3.63) is 34.2 Å². The number of hydrogen-bond donors (Lipinski definition) is 1. The van der Waals surface area contributed by atoms with E-state index in [2.05, 4.69) is 16.9 Å². The maximum Gasteiger partial charge on any atom is 0.255 e. The first-order valence-corrected chi connectivity index (χ1v) is 6.19. The smallest absolute Gasteiger partial charge is 0.255 e. The lowest BCUT2D eigenvalue weighted by Gasteiger charge is -2.21. The van der Waals surface area contributed by atoms with Gasteiger partial charge in [0.05, 0.1) is 5.56 Å². The summed E-state index contributed by atoms with van der Waals surface area (Å²) in [6, 6.07) is 2.95. The molecular weight excluding hydrogens is 230 g/mol. The van der Waals surface area contributed by atoms with E-state index in [0.717, 1.165) is 26.1 Å². The third-order valence-electron chi connectivity index (χ3n) is 3.40. The molecule has 1 amide bonds. The summed E-state index contributed by atoms with van der Waals surface area (Å²) in [4.78, 5) is 29.6. The number of H-pyrrole nitrogens is 1. The van der Waals surface area contributed by atoms with E-state index in [1.807, 2.05) is 7.05 Å². The van der Waals surface area contributed by atoms with Crippen LogP contribution in [0.2, 0.25) is 0 Å². The fourth-order valence-electron chi connectivity index (χ4n) is 2.41. The molecule has 2 heterocycles. The van der Waals surface area contributed by atoms with Gasteiger partial charge in [0.2, 0.25) is 5.56 Å². The lowest BCUT2D eigenvalue weighted by Crippen LogP contribution is -2.33. The Balaban J connectivity index is 1.96. The van der Waals surface area contributed by atoms with Crippen molar-refractivity contribution in [1.82, 2.24) is 14.8 Å². The minimum atomic E-state index is -0.188. The van der Waals surface area contributed by atoms with Gasteiger partial charge in [-0.15, -0.1) is 0 Å². The molecule has 0 radical (unpaired) electrons. The number of amides is 1. The average Bonchev–Trinajstić information content (AvgIpc) is 2.75. The zero-order chi connectivity index (χ0) is 13.1. The summed E-state index contributed by atoms with van der Waals surface area (Å²) in [5.41, 5.74) is 0.343. The van der Waals surface area contributed by atoms with Crippen LogP contribution < -0.4 is 5.56 Å². The molecule has 0 aliphatic carbocycles. The molecule has 98 valence electrons. The van der Waals surface area contributed by atoms with Crippen molar-refractivity contribution in [2.24, 2.45) is 5.92 Å². The second kappa shape index (κ2) is 5.35. The lowest BCUT2D eigenvalue weighted by molar-refractivity contribution is 0.0773. The minimum Gasteiger partial charge on any atom is -0.341 e. The zero-order valence-electron chi connectivity index (χ0n) is 10.8. The summed E-state index contributed by atoms with van der Waals surface area (Å²) >= 11 is 0. The molecule has 1 N–H and O–H groups in total. The van der Waals surface area contributed by atoms with Crippen LogP contribution in [0.1, 0.15) is 16.8 Å². The molecule has 2 rings (SSSR count). The van der Waals surface area contributed by atoms with Gasteiger partial charge in [-0.3, -0.25) is 9.59 Å². The van der Waals surface area contributed by atoms with Gasteiger partial charge in [0.1, 0.15) is 0 Å². The number of carbonyl (C=O) groups is 1. The van der Waals surface area contributed by atoms with Gasteiger partial charge in [-0.05, 0) is 32.0 Å². The second-order valence-electron chi connectivity index (χ2n) is 5.04. The lowest BCUT2D eigenvalue weighted by atomic mass is 10.1. The molecule has 1 aromatic rings. The van der Waals surface area contributed by atoms with Crippen LogP contribution in [-0.2, 0) is 0 Å². The zero-order valence-corrected chi connectivity index (χ0v) is 10.8. The quantitative estimate of drug-likeness (QED) is 0.843. The SMILES string of the molecule is CN1CCC(CN(C)C(=O)c2ccc(=O)[nH]c2)C1. The number of rotatable bonds is 3. The fraction of sp³-hybridized carbons (Fsp3) is 0.538. The van der Waals surface area contributed by atoms with Crippen LogP contribution in [0.25, 0.3) is 0 Å². The largest absolute Gasteiger partial charge is 0.341 e. The van der Waals surface area contributed by atoms with Gasteiger partial charge in [-0.1, -0.05) is 0 Å². The monoisotopic (exact) mass is 249 g/mol. The van der Waals surface area contributed by atoms with E-state index in [4.69, 9.17) is 0 Å². The molecule has 5 nitrogen and oxygen atoms in total. The predicted octanol–water partition coefficient (Wildman–Crippen LogP) is 0.399. The Morgan fingerprint density at radius 1 is 1.56 bits per heavy atom. The molecule has 1 aromatic heterocycles. The molecule has 1 fully saturated rings. The number of likely N-dealkylation sites (tertiary alicyclic amines) is 1. The third-order valence-corrected chi connectivity index (χ3v) is 3.40. The van der Waals surface area contributed by atoms with Crippen molar-refractivity contribution >= 4 is 5.91 Å². The Bertz CT molecular complexity index is 463. The van der Waals surface area contributed by atoms with E-state index < -0.39 is 0 Å². The van der Waals surface area contributed by atoms with Crippen LogP contribution in [0.4, 0.5) is 0 Å². The summed E-state index contributed by atoms with van der Waals surface area (Å²) in [6.45, 7) is 2.91. The van der Waals surface area contributed by atoms with Gasteiger partial charge in [0.25, 0.3) is 5.91 Å². The Kier molecular flexibility index (Phi) is 3.81. The van der Waals surface area contributed by atoms with Gasteiger partial charge in [-0.2, -0.15) is 0 Å². The summed E-state index contributed by atoms with van der Waals surface area (Å²) in [5.74, 6) is 0.507. The molecule has 1 atom stereocenters. The number of aromatic nitrogens is 1.